The Kier molecular flexibility index (Phi) is 7.10. The molecular weight excluding hydrogens is 416 g/mol. The number of carbonyl (C=O) groups is 1. The van der Waals surface area contributed by atoms with E-state index < -0.39 is 15.3 Å². The van der Waals surface area contributed by atoms with Gasteiger partial charge in [-0.25, -0.2) is 13.0 Å². The summed E-state index contributed by atoms with van der Waals surface area (Å²) < 4.78 is 32.9. The molecule has 158 valence electrons. The van der Waals surface area contributed by atoms with Gasteiger partial charge in [-0.05, 0) is 31.2 Å². The van der Waals surface area contributed by atoms with Crippen molar-refractivity contribution in [3.63, 3.8) is 0 Å². The van der Waals surface area contributed by atoms with Crippen molar-refractivity contribution >= 4 is 39.5 Å². The molecule has 30 heavy (non-hydrogen) atoms. The lowest BCUT2D eigenvalue weighted by Gasteiger charge is -2.11. The van der Waals surface area contributed by atoms with E-state index in [-0.39, 0.29) is 11.6 Å². The molecule has 1 aliphatic rings. The zero-order chi connectivity index (χ0) is 22.5. The van der Waals surface area contributed by atoms with Crippen molar-refractivity contribution in [3.05, 3.63) is 70.0 Å². The Labute approximate surface area is 172 Å². The predicted molar refractivity (Wildman–Crippen MR) is 106 cm³/mol. The number of nitrogens with zero attached hydrogens (tertiary/aromatic N) is 4. The van der Waals surface area contributed by atoms with Crippen LogP contribution in [0.4, 0.5) is 11.4 Å². The Morgan fingerprint density at radius 1 is 1.23 bits per heavy atom. The maximum Gasteiger partial charge on any atom is 0.280 e. The van der Waals surface area contributed by atoms with E-state index in [2.05, 4.69) is 9.28 Å². The number of carbonyl (C=O) groups excluding carboxylic acids is 1. The van der Waals surface area contributed by atoms with Crippen LogP contribution in [0.1, 0.15) is 12.5 Å². The molecule has 0 spiro atoms. The number of anilines is 1. The molecule has 0 bridgehead atoms. The third kappa shape index (κ3) is 6.01. The number of aryl methyl sites for hydroxylation is 1. The van der Waals surface area contributed by atoms with E-state index in [1.54, 1.807) is 13.0 Å². The fourth-order valence-electron chi connectivity index (χ4n) is 2.44. The molecular formula is C18H18N4O7S. The molecule has 0 radical (unpaired) electrons. The first-order chi connectivity index (χ1) is 14.0. The second kappa shape index (κ2) is 9.35. The molecule has 0 saturated heterocycles. The van der Waals surface area contributed by atoms with Gasteiger partial charge in [0.1, 0.15) is 7.05 Å². The zero-order valence-corrected chi connectivity index (χ0v) is 17.1. The number of hydrogen-bond donors (Lipinski definition) is 0. The van der Waals surface area contributed by atoms with E-state index in [1.165, 1.54) is 29.3 Å². The lowest BCUT2D eigenvalue weighted by Crippen LogP contribution is -2.26. The summed E-state index contributed by atoms with van der Waals surface area (Å²) in [6.07, 6.45) is 5.59. The lowest BCUT2D eigenvalue weighted by molar-refractivity contribution is -0.671. The first-order valence-corrected chi connectivity index (χ1v) is 9.68. The van der Waals surface area contributed by atoms with Crippen LogP contribution in [0.5, 0.6) is 0 Å². The van der Waals surface area contributed by atoms with Crippen LogP contribution in [0.15, 0.2) is 59.5 Å². The molecule has 1 aromatic heterocycles. The quantitative estimate of drug-likeness (QED) is 0.176. The molecule has 0 saturated carbocycles. The zero-order valence-electron chi connectivity index (χ0n) is 16.3. The number of hydrogen-bond acceptors (Lipinski definition) is 8. The van der Waals surface area contributed by atoms with Gasteiger partial charge in [0, 0.05) is 23.8 Å². The summed E-state index contributed by atoms with van der Waals surface area (Å²) in [6.45, 7) is 1.76. The molecule has 12 heteroatoms. The number of pyridine rings is 1. The lowest BCUT2D eigenvalue weighted by atomic mass is 10.1. The molecule has 1 amide bonds. The standard InChI is InChI=1S/C17H15N4O3.CH4O4S/c1-12-16(10-13-4-3-9-19(2)11-13)17(22)20(18-12)14-5-7-15(8-6-14)21(23)24;1-5-6(2,3)4/h3-11H,1-2H3;1H3,(H,2,3,4)/q+1;/p-1. The first-order valence-electron chi connectivity index (χ1n) is 8.34. The minimum Gasteiger partial charge on any atom is -0.726 e. The monoisotopic (exact) mass is 434 g/mol. The fraction of sp³-hybridized carbons (Fsp3) is 0.167. The number of nitro groups is 1. The minimum atomic E-state index is -4.41. The van der Waals surface area contributed by atoms with Crippen LogP contribution < -0.4 is 9.58 Å². The number of hydrazone groups is 1. The van der Waals surface area contributed by atoms with Gasteiger partial charge in [0.2, 0.25) is 10.4 Å². The number of nitro benzene ring substituents is 1. The summed E-state index contributed by atoms with van der Waals surface area (Å²) in [4.78, 5) is 22.9. The predicted octanol–water partition coefficient (Wildman–Crippen LogP) is 1.32. The maximum absolute atomic E-state index is 12.6. The Morgan fingerprint density at radius 2 is 1.83 bits per heavy atom. The van der Waals surface area contributed by atoms with Crippen LogP contribution in [0, 0.1) is 10.1 Å². The Bertz CT molecular complexity index is 1130. The number of aromatic nitrogens is 1. The third-order valence-electron chi connectivity index (χ3n) is 3.85. The van der Waals surface area contributed by atoms with E-state index in [9.17, 15) is 27.9 Å². The van der Waals surface area contributed by atoms with Gasteiger partial charge in [-0.15, -0.1) is 0 Å². The summed E-state index contributed by atoms with van der Waals surface area (Å²) in [6, 6.07) is 9.53. The Hall–Kier alpha value is -3.48. The molecule has 2 heterocycles. The highest BCUT2D eigenvalue weighted by Crippen LogP contribution is 2.26. The van der Waals surface area contributed by atoms with E-state index in [0.29, 0.717) is 17.0 Å². The van der Waals surface area contributed by atoms with Gasteiger partial charge in [0.25, 0.3) is 11.6 Å². The van der Waals surface area contributed by atoms with Gasteiger partial charge >= 0.3 is 0 Å². The summed E-state index contributed by atoms with van der Waals surface area (Å²) in [5.41, 5.74) is 2.46. The maximum atomic E-state index is 12.6. The number of benzene rings is 1. The van der Waals surface area contributed by atoms with Gasteiger partial charge in [-0.3, -0.25) is 19.1 Å². The molecule has 2 aromatic rings. The number of non-ortho nitro benzene ring substituents is 1. The van der Waals surface area contributed by atoms with E-state index in [4.69, 9.17) is 0 Å². The number of rotatable bonds is 4. The summed E-state index contributed by atoms with van der Waals surface area (Å²) in [5, 5.41) is 16.2. The molecule has 0 N–H and O–H groups in total. The summed E-state index contributed by atoms with van der Waals surface area (Å²) in [5.74, 6) is -0.257. The van der Waals surface area contributed by atoms with E-state index in [1.807, 2.05) is 36.1 Å². The Morgan fingerprint density at radius 3 is 2.33 bits per heavy atom. The van der Waals surface area contributed by atoms with Crippen molar-refractivity contribution in [1.29, 1.82) is 0 Å². The second-order valence-electron chi connectivity index (χ2n) is 6.01. The molecule has 1 aromatic carbocycles. The third-order valence-corrected chi connectivity index (χ3v) is 4.25. The van der Waals surface area contributed by atoms with Crippen molar-refractivity contribution in [2.24, 2.45) is 12.1 Å². The first kappa shape index (κ1) is 22.8. The van der Waals surface area contributed by atoms with Crippen LogP contribution in [0.2, 0.25) is 0 Å². The van der Waals surface area contributed by atoms with Crippen LogP contribution in [-0.4, -0.2) is 36.6 Å². The smallest absolute Gasteiger partial charge is 0.280 e. The van der Waals surface area contributed by atoms with Gasteiger partial charge in [0.15, 0.2) is 12.4 Å². The highest BCUT2D eigenvalue weighted by molar-refractivity contribution is 7.80. The molecule has 0 unspecified atom stereocenters. The van der Waals surface area contributed by atoms with Crippen LogP contribution in [0.25, 0.3) is 6.08 Å². The van der Waals surface area contributed by atoms with Crippen LogP contribution >= 0.6 is 0 Å². The SMILES string of the molecule is CC1=NN(c2ccc([N+](=O)[O-])cc2)C(=O)C1=Cc1ccc[n+](C)c1.COS(=O)(=O)[O-]. The second-order valence-corrected chi connectivity index (χ2v) is 7.16. The Balaban J connectivity index is 0.000000469. The van der Waals surface area contributed by atoms with E-state index >= 15 is 0 Å². The molecule has 0 atom stereocenters. The molecule has 3 rings (SSSR count). The number of amides is 1. The topological polar surface area (TPSA) is 146 Å². The van der Waals surface area contributed by atoms with Crippen molar-refractivity contribution in [2.45, 2.75) is 6.92 Å². The van der Waals surface area contributed by atoms with Crippen molar-refractivity contribution < 1.29 is 31.4 Å². The van der Waals surface area contributed by atoms with Gasteiger partial charge in [-0.2, -0.15) is 10.1 Å². The van der Waals surface area contributed by atoms with Crippen molar-refractivity contribution in [3.8, 4) is 0 Å². The molecule has 0 fully saturated rings. The average Bonchev–Trinajstić information content (AvgIpc) is 2.96. The van der Waals surface area contributed by atoms with Crippen molar-refractivity contribution in [2.75, 3.05) is 12.1 Å². The molecule has 11 nitrogen and oxygen atoms in total. The van der Waals surface area contributed by atoms with Crippen molar-refractivity contribution in [1.82, 2.24) is 0 Å². The molecule has 1 aliphatic heterocycles. The summed E-state index contributed by atoms with van der Waals surface area (Å²) >= 11 is 0. The minimum absolute atomic E-state index is 0.0290. The van der Waals surface area contributed by atoms with Crippen LogP contribution in [0.3, 0.4) is 0 Å². The van der Waals surface area contributed by atoms with Crippen LogP contribution in [-0.2, 0) is 26.4 Å². The molecule has 0 aliphatic carbocycles. The van der Waals surface area contributed by atoms with E-state index in [0.717, 1.165) is 12.7 Å². The fourth-order valence-corrected chi connectivity index (χ4v) is 2.44. The van der Waals surface area contributed by atoms with Gasteiger partial charge < -0.3 is 4.55 Å². The summed E-state index contributed by atoms with van der Waals surface area (Å²) in [7, 11) is -1.70. The highest BCUT2D eigenvalue weighted by atomic mass is 32.3. The highest BCUT2D eigenvalue weighted by Gasteiger charge is 2.29. The van der Waals surface area contributed by atoms with Gasteiger partial charge in [-0.1, -0.05) is 0 Å². The average molecular weight is 434 g/mol. The van der Waals surface area contributed by atoms with Gasteiger partial charge in [0.05, 0.1) is 29.0 Å². The largest absolute Gasteiger partial charge is 0.726 e. The normalized spacial score (nSPS) is 14.9.